The minimum atomic E-state index is -0.964. The topological polar surface area (TPSA) is 90.9 Å². The Hall–Kier alpha value is -2.61. The van der Waals surface area contributed by atoms with E-state index in [2.05, 4.69) is 19.5 Å². The summed E-state index contributed by atoms with van der Waals surface area (Å²) in [5.41, 5.74) is -0.738. The van der Waals surface area contributed by atoms with Gasteiger partial charge in [-0.1, -0.05) is 11.6 Å². The number of anilines is 1. The van der Waals surface area contributed by atoms with Gasteiger partial charge in [-0.15, -0.1) is 0 Å². The first-order valence-corrected chi connectivity index (χ1v) is 6.44. The highest BCUT2D eigenvalue weighted by atomic mass is 35.5. The van der Waals surface area contributed by atoms with Gasteiger partial charge in [-0.25, -0.2) is 18.8 Å². The molecule has 0 unspecified atom stereocenters. The van der Waals surface area contributed by atoms with Crippen LogP contribution in [0.3, 0.4) is 0 Å². The van der Waals surface area contributed by atoms with Crippen molar-refractivity contribution in [1.82, 2.24) is 0 Å². The average molecular weight is 346 g/mol. The van der Waals surface area contributed by atoms with Crippen LogP contribution in [0.15, 0.2) is 23.9 Å². The highest BCUT2D eigenvalue weighted by molar-refractivity contribution is 6.34. The van der Waals surface area contributed by atoms with Crippen LogP contribution in [-0.4, -0.2) is 39.2 Å². The molecule has 7 nitrogen and oxygen atoms in total. The Morgan fingerprint density at radius 3 is 2.26 bits per heavy atom. The fourth-order valence-corrected chi connectivity index (χ4v) is 1.82. The zero-order chi connectivity index (χ0) is 17.6. The SMILES string of the molecule is COC(=O)/C=C(/Nc1cc(F)c(C(=O)OC)c(Cl)c1)C(=O)OC. The monoisotopic (exact) mass is 345 g/mol. The Bertz CT molecular complexity index is 650. The van der Waals surface area contributed by atoms with E-state index in [1.165, 1.54) is 6.07 Å². The van der Waals surface area contributed by atoms with Gasteiger partial charge >= 0.3 is 17.9 Å². The van der Waals surface area contributed by atoms with Crippen LogP contribution in [0, 0.1) is 5.82 Å². The molecule has 0 atom stereocenters. The number of benzene rings is 1. The fourth-order valence-electron chi connectivity index (χ4n) is 1.53. The highest BCUT2D eigenvalue weighted by Crippen LogP contribution is 2.26. The molecule has 0 radical (unpaired) electrons. The number of halogens is 2. The Balaban J connectivity index is 3.20. The van der Waals surface area contributed by atoms with Crippen molar-refractivity contribution < 1.29 is 33.0 Å². The van der Waals surface area contributed by atoms with E-state index in [4.69, 9.17) is 11.6 Å². The van der Waals surface area contributed by atoms with Crippen molar-refractivity contribution in [2.45, 2.75) is 0 Å². The van der Waals surface area contributed by atoms with Gasteiger partial charge in [-0.05, 0) is 12.1 Å². The molecule has 23 heavy (non-hydrogen) atoms. The maximum absolute atomic E-state index is 14.0. The first-order valence-electron chi connectivity index (χ1n) is 6.06. The Kier molecular flexibility index (Phi) is 6.52. The molecule has 0 aliphatic heterocycles. The predicted octanol–water partition coefficient (Wildman–Crippen LogP) is 1.91. The average Bonchev–Trinajstić information content (AvgIpc) is 2.52. The van der Waals surface area contributed by atoms with Crippen LogP contribution in [0.2, 0.25) is 5.02 Å². The van der Waals surface area contributed by atoms with E-state index >= 15 is 0 Å². The molecule has 0 amide bonds. The van der Waals surface area contributed by atoms with Crippen molar-refractivity contribution in [3.05, 3.63) is 40.3 Å². The molecule has 9 heteroatoms. The molecule has 124 valence electrons. The van der Waals surface area contributed by atoms with Gasteiger partial charge in [0.05, 0.1) is 32.4 Å². The molecule has 0 aromatic heterocycles. The second-order valence-corrected chi connectivity index (χ2v) is 4.41. The normalized spacial score (nSPS) is 10.7. The number of ether oxygens (including phenoxy) is 3. The van der Waals surface area contributed by atoms with Crippen molar-refractivity contribution in [3.8, 4) is 0 Å². The summed E-state index contributed by atoms with van der Waals surface area (Å²) in [7, 11) is 3.30. The van der Waals surface area contributed by atoms with Crippen molar-refractivity contribution in [2.75, 3.05) is 26.6 Å². The van der Waals surface area contributed by atoms with Crippen LogP contribution in [0.1, 0.15) is 10.4 Å². The number of methoxy groups -OCH3 is 3. The largest absolute Gasteiger partial charge is 0.466 e. The van der Waals surface area contributed by atoms with E-state index in [0.717, 1.165) is 33.5 Å². The third kappa shape index (κ3) is 4.68. The standard InChI is InChI=1S/C14H13ClFNO6/c1-21-11(18)6-10(13(19)22-2)17-7-4-8(15)12(9(16)5-7)14(20)23-3/h4-6,17H,1-3H3/b10-6+. The zero-order valence-corrected chi connectivity index (χ0v) is 13.2. The number of hydrogen-bond donors (Lipinski definition) is 1. The Morgan fingerprint density at radius 1 is 1.13 bits per heavy atom. The number of rotatable bonds is 5. The van der Waals surface area contributed by atoms with E-state index in [9.17, 15) is 18.8 Å². The van der Waals surface area contributed by atoms with Crippen LogP contribution in [0.5, 0.6) is 0 Å². The number of esters is 3. The molecule has 0 saturated carbocycles. The molecular weight excluding hydrogens is 333 g/mol. The lowest BCUT2D eigenvalue weighted by molar-refractivity contribution is -0.138. The molecule has 0 heterocycles. The first kappa shape index (κ1) is 18.4. The summed E-state index contributed by atoms with van der Waals surface area (Å²) >= 11 is 5.83. The summed E-state index contributed by atoms with van der Waals surface area (Å²) in [6.07, 6.45) is 0.825. The highest BCUT2D eigenvalue weighted by Gasteiger charge is 2.19. The van der Waals surface area contributed by atoms with Crippen LogP contribution in [0.25, 0.3) is 0 Å². The van der Waals surface area contributed by atoms with E-state index < -0.39 is 29.3 Å². The van der Waals surface area contributed by atoms with E-state index in [-0.39, 0.29) is 16.4 Å². The lowest BCUT2D eigenvalue weighted by Crippen LogP contribution is -2.16. The lowest BCUT2D eigenvalue weighted by Gasteiger charge is -2.11. The lowest BCUT2D eigenvalue weighted by atomic mass is 10.2. The van der Waals surface area contributed by atoms with Gasteiger partial charge in [-0.2, -0.15) is 0 Å². The molecule has 1 rings (SSSR count). The molecule has 0 saturated heterocycles. The van der Waals surface area contributed by atoms with Gasteiger partial charge in [-0.3, -0.25) is 0 Å². The second-order valence-electron chi connectivity index (χ2n) is 4.00. The van der Waals surface area contributed by atoms with Gasteiger partial charge in [0.15, 0.2) is 0 Å². The van der Waals surface area contributed by atoms with Crippen molar-refractivity contribution in [3.63, 3.8) is 0 Å². The van der Waals surface area contributed by atoms with E-state index in [0.29, 0.717) is 0 Å². The maximum atomic E-state index is 14.0. The van der Waals surface area contributed by atoms with Crippen LogP contribution >= 0.6 is 11.6 Å². The summed E-state index contributed by atoms with van der Waals surface area (Å²) in [5, 5.41) is 2.24. The Labute approximate surface area is 136 Å². The minimum Gasteiger partial charge on any atom is -0.466 e. The summed E-state index contributed by atoms with van der Waals surface area (Å²) in [6, 6.07) is 2.09. The van der Waals surface area contributed by atoms with Crippen LogP contribution in [-0.2, 0) is 23.8 Å². The van der Waals surface area contributed by atoms with Gasteiger partial charge in [0, 0.05) is 5.69 Å². The van der Waals surface area contributed by atoms with Gasteiger partial charge in [0.25, 0.3) is 0 Å². The summed E-state index contributed by atoms with van der Waals surface area (Å²) in [5.74, 6) is -3.62. The molecular formula is C14H13ClFNO6. The molecule has 0 aliphatic rings. The number of carbonyl (C=O) groups is 3. The smallest absolute Gasteiger partial charge is 0.354 e. The minimum absolute atomic E-state index is 0.0145. The number of hydrogen-bond acceptors (Lipinski definition) is 7. The third-order valence-electron chi connectivity index (χ3n) is 2.58. The summed E-state index contributed by atoms with van der Waals surface area (Å²) in [4.78, 5) is 34.3. The van der Waals surface area contributed by atoms with Gasteiger partial charge < -0.3 is 19.5 Å². The van der Waals surface area contributed by atoms with Gasteiger partial charge in [0.2, 0.25) is 0 Å². The van der Waals surface area contributed by atoms with Crippen LogP contribution in [0.4, 0.5) is 10.1 Å². The quantitative estimate of drug-likeness (QED) is 0.495. The van der Waals surface area contributed by atoms with E-state index in [1.54, 1.807) is 0 Å². The third-order valence-corrected chi connectivity index (χ3v) is 2.88. The van der Waals surface area contributed by atoms with Crippen molar-refractivity contribution in [1.29, 1.82) is 0 Å². The van der Waals surface area contributed by atoms with Crippen LogP contribution < -0.4 is 5.32 Å². The zero-order valence-electron chi connectivity index (χ0n) is 12.4. The number of carbonyl (C=O) groups excluding carboxylic acids is 3. The second kappa shape index (κ2) is 8.14. The number of nitrogens with one attached hydrogen (secondary N) is 1. The molecule has 0 spiro atoms. The molecule has 1 aromatic carbocycles. The molecule has 0 bridgehead atoms. The molecule has 0 aliphatic carbocycles. The maximum Gasteiger partial charge on any atom is 0.354 e. The van der Waals surface area contributed by atoms with Crippen molar-refractivity contribution in [2.24, 2.45) is 0 Å². The molecule has 1 N–H and O–H groups in total. The van der Waals surface area contributed by atoms with Gasteiger partial charge in [0.1, 0.15) is 17.1 Å². The molecule has 1 aromatic rings. The first-order chi connectivity index (χ1) is 10.8. The summed E-state index contributed by atoms with van der Waals surface area (Å²) in [6.45, 7) is 0. The predicted molar refractivity (Wildman–Crippen MR) is 78.5 cm³/mol. The molecule has 0 fully saturated rings. The van der Waals surface area contributed by atoms with E-state index in [1.807, 2.05) is 0 Å². The summed E-state index contributed by atoms with van der Waals surface area (Å²) < 4.78 is 27.3. The fraction of sp³-hybridized carbons (Fsp3) is 0.214. The Morgan fingerprint density at radius 2 is 1.78 bits per heavy atom. The van der Waals surface area contributed by atoms with Crippen molar-refractivity contribution >= 4 is 35.2 Å².